The van der Waals surface area contributed by atoms with Crippen LogP contribution in [0.25, 0.3) is 0 Å². The smallest absolute Gasteiger partial charge is 0.220 e. The highest BCUT2D eigenvalue weighted by molar-refractivity contribution is 5.76. The number of rotatable bonds is 6. The summed E-state index contributed by atoms with van der Waals surface area (Å²) in [6, 6.07) is 6.48. The Kier molecular flexibility index (Phi) is 5.49. The molecule has 0 spiro atoms. The number of aromatic nitrogens is 1. The molecular weight excluding hydrogens is 254 g/mol. The molecule has 5 nitrogen and oxygen atoms in total. The number of hydrogen-bond acceptors (Lipinski definition) is 4. The van der Waals surface area contributed by atoms with Crippen LogP contribution in [0.3, 0.4) is 0 Å². The molecule has 2 heterocycles. The first kappa shape index (κ1) is 14.9. The lowest BCUT2D eigenvalue weighted by molar-refractivity contribution is -0.121. The van der Waals surface area contributed by atoms with Crippen LogP contribution in [0.5, 0.6) is 0 Å². The Hall–Kier alpha value is -1.46. The Balaban J connectivity index is 1.91. The molecule has 110 valence electrons. The van der Waals surface area contributed by atoms with Crippen molar-refractivity contribution >= 4 is 5.91 Å². The van der Waals surface area contributed by atoms with E-state index in [1.807, 2.05) is 12.1 Å². The summed E-state index contributed by atoms with van der Waals surface area (Å²) >= 11 is 0. The summed E-state index contributed by atoms with van der Waals surface area (Å²) in [5, 5.41) is 11.3. The molecule has 2 rings (SSSR count). The molecule has 1 atom stereocenters. The third kappa shape index (κ3) is 4.02. The van der Waals surface area contributed by atoms with Crippen LogP contribution >= 0.6 is 0 Å². The van der Waals surface area contributed by atoms with Gasteiger partial charge in [-0.25, -0.2) is 0 Å². The molecule has 0 bridgehead atoms. The van der Waals surface area contributed by atoms with E-state index in [9.17, 15) is 4.79 Å². The highest BCUT2D eigenvalue weighted by Gasteiger charge is 2.23. The largest absolute Gasteiger partial charge is 0.395 e. The van der Waals surface area contributed by atoms with E-state index in [1.165, 1.54) is 6.42 Å². The molecule has 1 amide bonds. The van der Waals surface area contributed by atoms with Crippen molar-refractivity contribution < 1.29 is 9.90 Å². The molecule has 20 heavy (non-hydrogen) atoms. The summed E-state index contributed by atoms with van der Waals surface area (Å²) in [5.74, 6) is -0.0377. The van der Waals surface area contributed by atoms with Gasteiger partial charge in [-0.15, -0.1) is 0 Å². The van der Waals surface area contributed by atoms with E-state index in [4.69, 9.17) is 5.11 Å². The number of aliphatic hydroxyl groups is 1. The van der Waals surface area contributed by atoms with Crippen molar-refractivity contribution in [3.63, 3.8) is 0 Å². The van der Waals surface area contributed by atoms with Crippen molar-refractivity contribution in [1.29, 1.82) is 0 Å². The van der Waals surface area contributed by atoms with Gasteiger partial charge in [-0.05, 0) is 45.0 Å². The Morgan fingerprint density at radius 2 is 2.40 bits per heavy atom. The number of carbonyl (C=O) groups is 1. The molecule has 0 aliphatic carbocycles. The van der Waals surface area contributed by atoms with Crippen LogP contribution in [-0.2, 0) is 11.2 Å². The Bertz CT molecular complexity index is 450. The van der Waals surface area contributed by atoms with Gasteiger partial charge in [-0.1, -0.05) is 6.07 Å². The number of nitrogens with zero attached hydrogens (tertiary/aromatic N) is 2. The van der Waals surface area contributed by atoms with Crippen LogP contribution in [0.4, 0.5) is 0 Å². The fourth-order valence-corrected chi connectivity index (χ4v) is 2.63. The molecule has 1 fully saturated rings. The maximum Gasteiger partial charge on any atom is 0.220 e. The molecule has 5 heteroatoms. The SMILES string of the molecule is CN1CCC[C@H]1c1cccc(CCC(=O)NCCO)n1. The molecule has 1 aromatic rings. The first-order chi connectivity index (χ1) is 9.70. The summed E-state index contributed by atoms with van der Waals surface area (Å²) in [6.45, 7) is 1.42. The zero-order valence-corrected chi connectivity index (χ0v) is 12.0. The molecular formula is C15H23N3O2. The second-order valence-electron chi connectivity index (χ2n) is 5.27. The molecule has 0 aromatic carbocycles. The van der Waals surface area contributed by atoms with E-state index in [0.717, 1.165) is 24.4 Å². The lowest BCUT2D eigenvalue weighted by atomic mass is 10.1. The molecule has 1 aliphatic rings. The number of aryl methyl sites for hydroxylation is 1. The minimum absolute atomic E-state index is 0.0203. The van der Waals surface area contributed by atoms with Gasteiger partial charge in [0.2, 0.25) is 5.91 Å². The predicted octanol–water partition coefficient (Wildman–Crippen LogP) is 0.889. The number of carbonyl (C=O) groups excluding carboxylic acids is 1. The zero-order chi connectivity index (χ0) is 14.4. The fourth-order valence-electron chi connectivity index (χ4n) is 2.63. The van der Waals surface area contributed by atoms with Crippen molar-refractivity contribution in [3.8, 4) is 0 Å². The average molecular weight is 277 g/mol. The number of amides is 1. The second kappa shape index (κ2) is 7.36. The van der Waals surface area contributed by atoms with Gasteiger partial charge in [0.25, 0.3) is 0 Å². The van der Waals surface area contributed by atoms with Gasteiger partial charge in [-0.2, -0.15) is 0 Å². The van der Waals surface area contributed by atoms with E-state index in [-0.39, 0.29) is 12.5 Å². The van der Waals surface area contributed by atoms with Gasteiger partial charge >= 0.3 is 0 Å². The Labute approximate surface area is 120 Å². The van der Waals surface area contributed by atoms with E-state index >= 15 is 0 Å². The maximum atomic E-state index is 11.5. The van der Waals surface area contributed by atoms with Crippen molar-refractivity contribution in [2.24, 2.45) is 0 Å². The summed E-state index contributed by atoms with van der Waals surface area (Å²) in [5.41, 5.74) is 2.07. The molecule has 1 aromatic heterocycles. The van der Waals surface area contributed by atoms with E-state index < -0.39 is 0 Å². The van der Waals surface area contributed by atoms with Crippen LogP contribution in [0.15, 0.2) is 18.2 Å². The van der Waals surface area contributed by atoms with Crippen LogP contribution in [0, 0.1) is 0 Å². The lowest BCUT2D eigenvalue weighted by Gasteiger charge is -2.19. The van der Waals surface area contributed by atoms with Crippen LogP contribution in [0.2, 0.25) is 0 Å². The van der Waals surface area contributed by atoms with Crippen molar-refractivity contribution in [2.45, 2.75) is 31.7 Å². The summed E-state index contributed by atoms with van der Waals surface area (Å²) in [6.07, 6.45) is 3.43. The van der Waals surface area contributed by atoms with E-state index in [0.29, 0.717) is 25.4 Å². The first-order valence-corrected chi connectivity index (χ1v) is 7.24. The summed E-state index contributed by atoms with van der Waals surface area (Å²) < 4.78 is 0. The minimum atomic E-state index is -0.0377. The summed E-state index contributed by atoms with van der Waals surface area (Å²) in [4.78, 5) is 18.5. The standard InChI is InChI=1S/C15H23N3O2/c1-18-10-3-6-14(18)13-5-2-4-12(17-13)7-8-15(20)16-9-11-19/h2,4-5,14,19H,3,6-11H2,1H3,(H,16,20)/t14-/m0/s1. The number of likely N-dealkylation sites (tertiary alicyclic amines) is 1. The van der Waals surface area contributed by atoms with Gasteiger partial charge in [0.15, 0.2) is 0 Å². The molecule has 1 aliphatic heterocycles. The minimum Gasteiger partial charge on any atom is -0.395 e. The van der Waals surface area contributed by atoms with Crippen LogP contribution < -0.4 is 5.32 Å². The number of pyridine rings is 1. The van der Waals surface area contributed by atoms with Gasteiger partial charge < -0.3 is 10.4 Å². The quantitative estimate of drug-likeness (QED) is 0.810. The van der Waals surface area contributed by atoms with Gasteiger partial charge in [0.1, 0.15) is 0 Å². The number of aliphatic hydroxyl groups excluding tert-OH is 1. The third-order valence-electron chi connectivity index (χ3n) is 3.73. The Morgan fingerprint density at radius 1 is 1.55 bits per heavy atom. The molecule has 2 N–H and O–H groups in total. The highest BCUT2D eigenvalue weighted by Crippen LogP contribution is 2.28. The number of hydrogen-bond donors (Lipinski definition) is 2. The topological polar surface area (TPSA) is 65.5 Å². The second-order valence-corrected chi connectivity index (χ2v) is 5.27. The van der Waals surface area contributed by atoms with Gasteiger partial charge in [-0.3, -0.25) is 14.7 Å². The first-order valence-electron chi connectivity index (χ1n) is 7.24. The third-order valence-corrected chi connectivity index (χ3v) is 3.73. The average Bonchev–Trinajstić information content (AvgIpc) is 2.89. The van der Waals surface area contributed by atoms with Crippen molar-refractivity contribution in [3.05, 3.63) is 29.6 Å². The maximum absolute atomic E-state index is 11.5. The lowest BCUT2D eigenvalue weighted by Crippen LogP contribution is -2.26. The zero-order valence-electron chi connectivity index (χ0n) is 12.0. The predicted molar refractivity (Wildman–Crippen MR) is 77.3 cm³/mol. The molecule has 1 saturated heterocycles. The Morgan fingerprint density at radius 3 is 3.10 bits per heavy atom. The van der Waals surface area contributed by atoms with E-state index in [2.05, 4.69) is 28.3 Å². The number of nitrogens with one attached hydrogen (secondary N) is 1. The molecule has 0 unspecified atom stereocenters. The summed E-state index contributed by atoms with van der Waals surface area (Å²) in [7, 11) is 2.13. The normalized spacial score (nSPS) is 19.2. The van der Waals surface area contributed by atoms with Crippen molar-refractivity contribution in [1.82, 2.24) is 15.2 Å². The molecule has 0 saturated carbocycles. The van der Waals surface area contributed by atoms with Gasteiger partial charge in [0, 0.05) is 18.7 Å². The molecule has 0 radical (unpaired) electrons. The van der Waals surface area contributed by atoms with Crippen LogP contribution in [0.1, 0.15) is 36.7 Å². The monoisotopic (exact) mass is 277 g/mol. The highest BCUT2D eigenvalue weighted by atomic mass is 16.3. The van der Waals surface area contributed by atoms with Gasteiger partial charge in [0.05, 0.1) is 18.3 Å². The fraction of sp³-hybridized carbons (Fsp3) is 0.600. The van der Waals surface area contributed by atoms with Crippen molar-refractivity contribution in [2.75, 3.05) is 26.7 Å². The van der Waals surface area contributed by atoms with E-state index in [1.54, 1.807) is 0 Å². The van der Waals surface area contributed by atoms with Crippen LogP contribution in [-0.4, -0.2) is 47.6 Å².